The molecule has 0 rings (SSSR count). The fourth-order valence-corrected chi connectivity index (χ4v) is 0.373. The van der Waals surface area contributed by atoms with Crippen molar-refractivity contribution in [2.24, 2.45) is 0 Å². The summed E-state index contributed by atoms with van der Waals surface area (Å²) in [7, 11) is 1.57. The molecule has 0 aromatic heterocycles. The number of hydrogen-bond acceptors (Lipinski definition) is 2. The average molecular weight is 134 g/mol. The van der Waals surface area contributed by atoms with Crippen molar-refractivity contribution in [1.82, 2.24) is 9.62 Å². The predicted molar refractivity (Wildman–Crippen MR) is 35.8 cm³/mol. The molecule has 0 aliphatic carbocycles. The zero-order valence-electron chi connectivity index (χ0n) is 5.01. The molecule has 2 amide bonds. The molecule has 4 heteroatoms. The summed E-state index contributed by atoms with van der Waals surface area (Å²) in [5, 5.41) is 2.43. The molecule has 0 radical (unpaired) electrons. The van der Waals surface area contributed by atoms with Crippen LogP contribution in [0.5, 0.6) is 0 Å². The van der Waals surface area contributed by atoms with E-state index < -0.39 is 0 Å². The van der Waals surface area contributed by atoms with E-state index in [4.69, 9.17) is 0 Å². The molecular formula is C4H10N2OS. The van der Waals surface area contributed by atoms with E-state index in [0.717, 1.165) is 0 Å². The van der Waals surface area contributed by atoms with E-state index in [9.17, 15) is 4.79 Å². The van der Waals surface area contributed by atoms with Crippen LogP contribution in [0.4, 0.5) is 4.79 Å². The fourth-order valence-electron chi connectivity index (χ4n) is 0.273. The third-order valence-corrected chi connectivity index (χ3v) is 1.21. The maximum atomic E-state index is 10.5. The van der Waals surface area contributed by atoms with E-state index >= 15 is 0 Å². The van der Waals surface area contributed by atoms with Gasteiger partial charge in [0.15, 0.2) is 0 Å². The number of carbonyl (C=O) groups is 1. The first kappa shape index (κ1) is 7.62. The van der Waals surface area contributed by atoms with Crippen molar-refractivity contribution in [1.29, 1.82) is 0 Å². The number of urea groups is 1. The molecule has 0 heterocycles. The first-order valence-corrected chi connectivity index (χ1v) is 2.80. The molecule has 0 spiro atoms. The zero-order chi connectivity index (χ0) is 6.57. The standard InChI is InChI=1S/C4H10N2OS/c1-3-6(8)4(7)5-2/h8H,3H2,1-2H3,(H,5,7). The molecule has 48 valence electrons. The summed E-state index contributed by atoms with van der Waals surface area (Å²) in [5.74, 6) is 0. The third-order valence-electron chi connectivity index (χ3n) is 0.748. The van der Waals surface area contributed by atoms with Gasteiger partial charge in [-0.3, -0.25) is 4.31 Å². The van der Waals surface area contributed by atoms with Crippen molar-refractivity contribution in [3.63, 3.8) is 0 Å². The Labute approximate surface area is 54.6 Å². The topological polar surface area (TPSA) is 32.3 Å². The fraction of sp³-hybridized carbons (Fsp3) is 0.750. The molecular weight excluding hydrogens is 124 g/mol. The van der Waals surface area contributed by atoms with Crippen molar-refractivity contribution in [2.75, 3.05) is 13.6 Å². The largest absolute Gasteiger partial charge is 0.340 e. The average Bonchev–Trinajstić information content (AvgIpc) is 1.84. The Morgan fingerprint density at radius 2 is 2.38 bits per heavy atom. The van der Waals surface area contributed by atoms with E-state index in [-0.39, 0.29) is 6.03 Å². The van der Waals surface area contributed by atoms with Gasteiger partial charge < -0.3 is 5.32 Å². The lowest BCUT2D eigenvalue weighted by molar-refractivity contribution is 0.230. The first-order chi connectivity index (χ1) is 3.72. The monoisotopic (exact) mass is 134 g/mol. The van der Waals surface area contributed by atoms with Gasteiger partial charge in [0.1, 0.15) is 0 Å². The van der Waals surface area contributed by atoms with Crippen molar-refractivity contribution >= 4 is 18.8 Å². The van der Waals surface area contributed by atoms with E-state index in [1.165, 1.54) is 4.31 Å². The van der Waals surface area contributed by atoms with Gasteiger partial charge in [0.05, 0.1) is 0 Å². The Hall–Kier alpha value is -0.380. The number of rotatable bonds is 1. The van der Waals surface area contributed by atoms with Gasteiger partial charge >= 0.3 is 6.03 Å². The Morgan fingerprint density at radius 1 is 1.88 bits per heavy atom. The summed E-state index contributed by atoms with van der Waals surface area (Å²) < 4.78 is 1.29. The van der Waals surface area contributed by atoms with Crippen molar-refractivity contribution in [2.45, 2.75) is 6.92 Å². The summed E-state index contributed by atoms with van der Waals surface area (Å²) in [5.41, 5.74) is 0. The highest BCUT2D eigenvalue weighted by Crippen LogP contribution is 1.89. The van der Waals surface area contributed by atoms with Crippen LogP contribution in [-0.2, 0) is 0 Å². The number of amides is 2. The Balaban J connectivity index is 3.46. The maximum Gasteiger partial charge on any atom is 0.326 e. The highest BCUT2D eigenvalue weighted by molar-refractivity contribution is 7.78. The minimum absolute atomic E-state index is 0.171. The quantitative estimate of drug-likeness (QED) is 0.503. The second-order valence-corrected chi connectivity index (χ2v) is 1.75. The molecule has 0 saturated heterocycles. The third kappa shape index (κ3) is 2.07. The molecule has 0 fully saturated rings. The highest BCUT2D eigenvalue weighted by atomic mass is 32.1. The van der Waals surface area contributed by atoms with E-state index in [1.807, 2.05) is 6.92 Å². The molecule has 0 aromatic rings. The van der Waals surface area contributed by atoms with Crippen LogP contribution in [-0.4, -0.2) is 23.9 Å². The van der Waals surface area contributed by atoms with E-state index in [1.54, 1.807) is 7.05 Å². The highest BCUT2D eigenvalue weighted by Gasteiger charge is 2.00. The molecule has 0 aliphatic heterocycles. The van der Waals surface area contributed by atoms with E-state index in [0.29, 0.717) is 6.54 Å². The molecule has 0 aliphatic rings. The van der Waals surface area contributed by atoms with Crippen LogP contribution >= 0.6 is 12.8 Å². The predicted octanol–water partition coefficient (Wildman–Crippen LogP) is 0.493. The molecule has 0 unspecified atom stereocenters. The SMILES string of the molecule is CCN(S)C(=O)NC. The molecule has 8 heavy (non-hydrogen) atoms. The molecule has 0 aromatic carbocycles. The van der Waals surface area contributed by atoms with Gasteiger partial charge in [-0.05, 0) is 6.92 Å². The second-order valence-electron chi connectivity index (χ2n) is 1.27. The molecule has 0 atom stereocenters. The molecule has 0 bridgehead atoms. The van der Waals surface area contributed by atoms with Gasteiger partial charge in [0.2, 0.25) is 0 Å². The van der Waals surface area contributed by atoms with Crippen LogP contribution in [0.2, 0.25) is 0 Å². The molecule has 3 nitrogen and oxygen atoms in total. The van der Waals surface area contributed by atoms with Crippen LogP contribution in [0.3, 0.4) is 0 Å². The number of carbonyl (C=O) groups excluding carboxylic acids is 1. The van der Waals surface area contributed by atoms with Gasteiger partial charge in [-0.2, -0.15) is 0 Å². The normalized spacial score (nSPS) is 8.38. The lowest BCUT2D eigenvalue weighted by atomic mass is 10.7. The van der Waals surface area contributed by atoms with Crippen LogP contribution in [0.15, 0.2) is 0 Å². The lowest BCUT2D eigenvalue weighted by Gasteiger charge is -2.10. The van der Waals surface area contributed by atoms with Crippen LogP contribution in [0.1, 0.15) is 6.92 Å². The summed E-state index contributed by atoms with van der Waals surface area (Å²) in [6.07, 6.45) is 0. The first-order valence-electron chi connectivity index (χ1n) is 2.40. The maximum absolute atomic E-state index is 10.5. The van der Waals surface area contributed by atoms with Gasteiger partial charge in [-0.1, -0.05) is 12.8 Å². The van der Waals surface area contributed by atoms with Crippen molar-refractivity contribution in [3.05, 3.63) is 0 Å². The van der Waals surface area contributed by atoms with Crippen LogP contribution in [0.25, 0.3) is 0 Å². The summed E-state index contributed by atoms with van der Waals surface area (Å²) in [6, 6.07) is -0.171. The minimum atomic E-state index is -0.171. The lowest BCUT2D eigenvalue weighted by Crippen LogP contribution is -2.30. The number of nitrogens with one attached hydrogen (secondary N) is 1. The van der Waals surface area contributed by atoms with Gasteiger partial charge in [-0.25, -0.2) is 4.79 Å². The smallest absolute Gasteiger partial charge is 0.326 e. The summed E-state index contributed by atoms with van der Waals surface area (Å²) in [4.78, 5) is 10.5. The second kappa shape index (κ2) is 3.60. The van der Waals surface area contributed by atoms with Crippen LogP contribution in [0, 0.1) is 0 Å². The minimum Gasteiger partial charge on any atom is -0.340 e. The Morgan fingerprint density at radius 3 is 2.50 bits per heavy atom. The molecule has 1 N–H and O–H groups in total. The molecule has 0 saturated carbocycles. The van der Waals surface area contributed by atoms with Gasteiger partial charge in [-0.15, -0.1) is 0 Å². The van der Waals surface area contributed by atoms with Gasteiger partial charge in [0.25, 0.3) is 0 Å². The Bertz CT molecular complexity index is 86.1. The van der Waals surface area contributed by atoms with Crippen molar-refractivity contribution in [3.8, 4) is 0 Å². The van der Waals surface area contributed by atoms with Gasteiger partial charge in [0, 0.05) is 13.6 Å². The Kier molecular flexibility index (Phi) is 3.43. The van der Waals surface area contributed by atoms with Crippen LogP contribution < -0.4 is 5.32 Å². The number of nitrogens with zero attached hydrogens (tertiary/aromatic N) is 1. The zero-order valence-corrected chi connectivity index (χ0v) is 5.90. The summed E-state index contributed by atoms with van der Waals surface area (Å²) in [6.45, 7) is 2.46. The number of hydrogen-bond donors (Lipinski definition) is 2. The summed E-state index contributed by atoms with van der Waals surface area (Å²) >= 11 is 3.83. The number of thiol groups is 1. The van der Waals surface area contributed by atoms with E-state index in [2.05, 4.69) is 18.1 Å². The van der Waals surface area contributed by atoms with Crippen molar-refractivity contribution < 1.29 is 4.79 Å².